The molecule has 0 aromatic heterocycles. The summed E-state index contributed by atoms with van der Waals surface area (Å²) in [6, 6.07) is 8.35. The van der Waals surface area contributed by atoms with Crippen molar-refractivity contribution in [3.63, 3.8) is 0 Å². The second-order valence-electron chi connectivity index (χ2n) is 6.23. The summed E-state index contributed by atoms with van der Waals surface area (Å²) >= 11 is 0. The molecule has 0 radical (unpaired) electrons. The van der Waals surface area contributed by atoms with E-state index in [1.54, 1.807) is 0 Å². The third-order valence-corrected chi connectivity index (χ3v) is 6.13. The van der Waals surface area contributed by atoms with Crippen molar-refractivity contribution in [2.24, 2.45) is 5.92 Å². The predicted molar refractivity (Wildman–Crippen MR) is 98.3 cm³/mol. The van der Waals surface area contributed by atoms with Gasteiger partial charge in [0.15, 0.2) is 9.84 Å². The molecule has 1 heterocycles. The van der Waals surface area contributed by atoms with Gasteiger partial charge in [0.1, 0.15) is 11.6 Å². The number of ether oxygens (including phenoxy) is 2. The molecule has 0 saturated carbocycles. The highest BCUT2D eigenvalue weighted by atomic mass is 32.2. The number of hydrogen-bond acceptors (Lipinski definition) is 5. The van der Waals surface area contributed by atoms with E-state index in [0.29, 0.717) is 19.6 Å². The molecule has 2 aromatic rings. The first-order chi connectivity index (χ1) is 14.0. The zero-order chi connectivity index (χ0) is 21.9. The van der Waals surface area contributed by atoms with Crippen molar-refractivity contribution in [1.82, 2.24) is 0 Å². The summed E-state index contributed by atoms with van der Waals surface area (Å²) in [5.41, 5.74) is -0.0169. The maximum Gasteiger partial charge on any atom is 0.259 e. The maximum absolute atomic E-state index is 13.1. The van der Waals surface area contributed by atoms with Crippen LogP contribution in [-0.2, 0) is 14.6 Å². The van der Waals surface area contributed by atoms with Crippen molar-refractivity contribution < 1.29 is 31.2 Å². The number of nitrogens with one attached hydrogen (secondary N) is 1. The molecule has 0 bridgehead atoms. The number of sulfone groups is 1. The largest absolute Gasteiger partial charge is 0.496 e. The molecular weight excluding hydrogens is 373 g/mol. The van der Waals surface area contributed by atoms with Crippen LogP contribution in [0.3, 0.4) is 0 Å². The number of hydrogen-bond donors (Lipinski definition) is 1. The third kappa shape index (κ3) is 4.64. The van der Waals surface area contributed by atoms with Crippen LogP contribution in [0.5, 0.6) is 5.75 Å². The number of amides is 1. The van der Waals surface area contributed by atoms with E-state index in [4.69, 9.17) is 13.6 Å². The number of methoxy groups -OCH3 is 1. The van der Waals surface area contributed by atoms with Gasteiger partial charge in [-0.2, -0.15) is 0 Å². The minimum atomic E-state index is -3.74. The standard InChI is InChI=1S/C19H20FNO5S/c1-25-18-7-6-16(27(23,24)12-13-8-9-26-11-13)10-17(18)19(22)21-15-4-2-14(20)3-5-15/h2-7,10,13H,8-9,11-12H2,1H3,(H,21,22)/t13-/m0/s1/i1D3. The number of carbonyl (C=O) groups is 1. The molecule has 1 fully saturated rings. The monoisotopic (exact) mass is 396 g/mol. The second kappa shape index (κ2) is 8.06. The molecule has 27 heavy (non-hydrogen) atoms. The molecule has 2 aromatic carbocycles. The summed E-state index contributed by atoms with van der Waals surface area (Å²) in [7, 11) is -6.59. The van der Waals surface area contributed by atoms with Gasteiger partial charge >= 0.3 is 0 Å². The Bertz CT molecular complexity index is 1020. The van der Waals surface area contributed by atoms with E-state index in [-0.39, 0.29) is 33.6 Å². The van der Waals surface area contributed by atoms with Crippen LogP contribution in [0.2, 0.25) is 0 Å². The van der Waals surface area contributed by atoms with Gasteiger partial charge in [-0.05, 0) is 54.8 Å². The molecule has 3 rings (SSSR count). The molecule has 1 aliphatic heterocycles. The molecule has 0 spiro atoms. The molecule has 6 nitrogen and oxygen atoms in total. The molecule has 8 heteroatoms. The summed E-state index contributed by atoms with van der Waals surface area (Å²) in [6.45, 7) is 0.842. The summed E-state index contributed by atoms with van der Waals surface area (Å²) in [4.78, 5) is 12.6. The fourth-order valence-electron chi connectivity index (χ4n) is 2.82. The molecule has 1 saturated heterocycles. The third-order valence-electron chi connectivity index (χ3n) is 4.25. The van der Waals surface area contributed by atoms with Crippen molar-refractivity contribution in [1.29, 1.82) is 0 Å². The van der Waals surface area contributed by atoms with Crippen molar-refractivity contribution in [2.45, 2.75) is 11.3 Å². The van der Waals surface area contributed by atoms with Crippen molar-refractivity contribution >= 4 is 21.4 Å². The number of halogens is 1. The van der Waals surface area contributed by atoms with Gasteiger partial charge in [-0.25, -0.2) is 12.8 Å². The zero-order valence-electron chi connectivity index (χ0n) is 17.3. The molecule has 0 aliphatic carbocycles. The number of carbonyl (C=O) groups excluding carboxylic acids is 1. The minimum Gasteiger partial charge on any atom is -0.496 e. The molecular formula is C19H20FNO5S. The molecule has 144 valence electrons. The Kier molecular flexibility index (Phi) is 4.65. The summed E-state index contributed by atoms with van der Waals surface area (Å²) in [6.07, 6.45) is 0.622. The highest BCUT2D eigenvalue weighted by Crippen LogP contribution is 2.26. The number of benzene rings is 2. The lowest BCUT2D eigenvalue weighted by atomic mass is 10.1. The summed E-state index contributed by atoms with van der Waals surface area (Å²) < 4.78 is 70.6. The molecule has 0 unspecified atom stereocenters. The quantitative estimate of drug-likeness (QED) is 0.812. The first-order valence-electron chi connectivity index (χ1n) is 9.74. The lowest BCUT2D eigenvalue weighted by Crippen LogP contribution is -2.18. The molecule has 1 amide bonds. The van der Waals surface area contributed by atoms with E-state index in [9.17, 15) is 17.6 Å². The first kappa shape index (κ1) is 15.6. The van der Waals surface area contributed by atoms with Gasteiger partial charge in [0.05, 0.1) is 34.0 Å². The highest BCUT2D eigenvalue weighted by Gasteiger charge is 2.26. The van der Waals surface area contributed by atoms with Crippen LogP contribution in [0, 0.1) is 11.7 Å². The smallest absolute Gasteiger partial charge is 0.259 e. The van der Waals surface area contributed by atoms with Crippen molar-refractivity contribution in [3.8, 4) is 5.75 Å². The normalized spacial score (nSPS) is 19.0. The SMILES string of the molecule is [2H]C([2H])([2H])Oc1ccc(S(=O)(=O)C[C@H]2CCOC2)cc1C(=O)Nc1ccc(F)cc1. The van der Waals surface area contributed by atoms with E-state index < -0.39 is 28.6 Å². The molecule has 1 aliphatic rings. The van der Waals surface area contributed by atoms with Gasteiger partial charge in [0, 0.05) is 12.3 Å². The van der Waals surface area contributed by atoms with Crippen LogP contribution in [0.15, 0.2) is 47.4 Å². The Morgan fingerprint density at radius 1 is 1.33 bits per heavy atom. The van der Waals surface area contributed by atoms with Gasteiger partial charge < -0.3 is 14.8 Å². The van der Waals surface area contributed by atoms with Crippen molar-refractivity contribution in [2.75, 3.05) is 31.3 Å². The van der Waals surface area contributed by atoms with Gasteiger partial charge in [-0.1, -0.05) is 0 Å². The topological polar surface area (TPSA) is 81.7 Å². The minimum absolute atomic E-state index is 0.128. The van der Waals surface area contributed by atoms with Crippen LogP contribution < -0.4 is 10.1 Å². The van der Waals surface area contributed by atoms with E-state index in [1.807, 2.05) is 0 Å². The predicted octanol–water partition coefficient (Wildman–Crippen LogP) is 2.90. The van der Waals surface area contributed by atoms with Gasteiger partial charge in [-0.15, -0.1) is 0 Å². The van der Waals surface area contributed by atoms with Crippen LogP contribution in [0.4, 0.5) is 10.1 Å². The summed E-state index contributed by atoms with van der Waals surface area (Å²) in [5, 5.41) is 2.48. The Morgan fingerprint density at radius 2 is 2.11 bits per heavy atom. The van der Waals surface area contributed by atoms with Crippen LogP contribution in [0.1, 0.15) is 20.9 Å². The Labute approximate surface area is 161 Å². The summed E-state index contributed by atoms with van der Waals surface area (Å²) in [5.74, 6) is -1.88. The van der Waals surface area contributed by atoms with Gasteiger partial charge in [0.25, 0.3) is 5.91 Å². The Morgan fingerprint density at radius 3 is 2.78 bits per heavy atom. The van der Waals surface area contributed by atoms with E-state index in [2.05, 4.69) is 5.32 Å². The van der Waals surface area contributed by atoms with Crippen LogP contribution in [-0.4, -0.2) is 40.3 Å². The second-order valence-corrected chi connectivity index (χ2v) is 8.27. The van der Waals surface area contributed by atoms with E-state index in [0.717, 1.165) is 24.3 Å². The molecule has 1 atom stereocenters. The van der Waals surface area contributed by atoms with Crippen molar-refractivity contribution in [3.05, 3.63) is 53.8 Å². The number of rotatable bonds is 6. The zero-order valence-corrected chi connectivity index (χ0v) is 15.1. The Balaban J connectivity index is 1.93. The molecule has 1 N–H and O–H groups in total. The lowest BCUT2D eigenvalue weighted by Gasteiger charge is -2.13. The fraction of sp³-hybridized carbons (Fsp3) is 0.316. The van der Waals surface area contributed by atoms with E-state index in [1.165, 1.54) is 18.2 Å². The Hall–Kier alpha value is -2.45. The fourth-order valence-corrected chi connectivity index (χ4v) is 4.47. The van der Waals surface area contributed by atoms with Crippen LogP contribution >= 0.6 is 0 Å². The lowest BCUT2D eigenvalue weighted by molar-refractivity contribution is 0.102. The maximum atomic E-state index is 13.1. The highest BCUT2D eigenvalue weighted by molar-refractivity contribution is 7.91. The average Bonchev–Trinajstić information content (AvgIpc) is 3.14. The number of anilines is 1. The van der Waals surface area contributed by atoms with E-state index >= 15 is 0 Å². The average molecular weight is 396 g/mol. The van der Waals surface area contributed by atoms with Crippen LogP contribution in [0.25, 0.3) is 0 Å². The van der Waals surface area contributed by atoms with Gasteiger partial charge in [0.2, 0.25) is 0 Å². The first-order valence-corrected chi connectivity index (χ1v) is 9.89. The van der Waals surface area contributed by atoms with Gasteiger partial charge in [-0.3, -0.25) is 4.79 Å².